The molecular formula is C18H33NO10S. The Bertz CT molecular complexity index is 676. The third-order valence-corrected chi connectivity index (χ3v) is 5.69. The van der Waals surface area contributed by atoms with Crippen LogP contribution >= 0.6 is 0 Å². The zero-order valence-electron chi connectivity index (χ0n) is 17.9. The highest BCUT2D eigenvalue weighted by atomic mass is 32.2. The Kier molecular flexibility index (Phi) is 11.9. The molecule has 0 aliphatic carbocycles. The third kappa shape index (κ3) is 10.2. The molecule has 1 amide bonds. The van der Waals surface area contributed by atoms with E-state index in [0.717, 1.165) is 6.42 Å². The minimum Gasteiger partial charge on any atom is -0.479 e. The zero-order valence-corrected chi connectivity index (χ0v) is 18.7. The summed E-state index contributed by atoms with van der Waals surface area (Å²) >= 11 is 0. The molecule has 0 radical (unpaired) electrons. The van der Waals surface area contributed by atoms with Crippen molar-refractivity contribution in [3.63, 3.8) is 0 Å². The Morgan fingerprint density at radius 2 is 1.67 bits per heavy atom. The maximum absolute atomic E-state index is 12.0. The average Bonchev–Trinajstić information content (AvgIpc) is 2.63. The summed E-state index contributed by atoms with van der Waals surface area (Å²) in [5.41, 5.74) is -3.97. The van der Waals surface area contributed by atoms with Gasteiger partial charge >= 0.3 is 12.1 Å². The van der Waals surface area contributed by atoms with E-state index in [1.807, 2.05) is 6.92 Å². The summed E-state index contributed by atoms with van der Waals surface area (Å²) in [5, 5.41) is 22.6. The summed E-state index contributed by atoms with van der Waals surface area (Å²) in [4.78, 5) is 33.9. The Hall–Kier alpha value is -1.92. The monoisotopic (exact) mass is 455 g/mol. The van der Waals surface area contributed by atoms with Crippen molar-refractivity contribution in [1.82, 2.24) is 5.32 Å². The SMILES string of the molecule is CCCCOC(=O)OCC[C@](O)(C(=O)O)C(C)(C)COS(=O)(=O)CCCNC(C)=O. The van der Waals surface area contributed by atoms with E-state index in [1.165, 1.54) is 20.8 Å². The predicted octanol–water partition coefficient (Wildman–Crippen LogP) is 1.04. The van der Waals surface area contributed by atoms with Crippen molar-refractivity contribution in [2.45, 2.75) is 59.0 Å². The van der Waals surface area contributed by atoms with Crippen molar-refractivity contribution in [2.24, 2.45) is 5.41 Å². The highest BCUT2D eigenvalue weighted by molar-refractivity contribution is 7.86. The van der Waals surface area contributed by atoms with Crippen LogP contribution in [0.15, 0.2) is 0 Å². The molecule has 0 aliphatic rings. The highest BCUT2D eigenvalue weighted by Gasteiger charge is 2.51. The summed E-state index contributed by atoms with van der Waals surface area (Å²) in [7, 11) is -4.01. The van der Waals surface area contributed by atoms with E-state index < -0.39 is 52.9 Å². The molecule has 0 aromatic carbocycles. The van der Waals surface area contributed by atoms with Gasteiger partial charge in [0.2, 0.25) is 5.91 Å². The number of aliphatic carboxylic acids is 1. The van der Waals surface area contributed by atoms with E-state index in [2.05, 4.69) is 5.32 Å². The quantitative estimate of drug-likeness (QED) is 0.184. The fraction of sp³-hybridized carbons (Fsp3) is 0.833. The first-order chi connectivity index (χ1) is 13.8. The molecule has 0 aliphatic heterocycles. The van der Waals surface area contributed by atoms with Crippen molar-refractivity contribution >= 4 is 28.1 Å². The Balaban J connectivity index is 4.80. The normalized spacial score (nSPS) is 13.9. The number of carbonyl (C=O) groups is 3. The van der Waals surface area contributed by atoms with Crippen LogP contribution in [-0.2, 0) is 33.4 Å². The second-order valence-electron chi connectivity index (χ2n) is 7.46. The second kappa shape index (κ2) is 12.7. The molecule has 0 aromatic heterocycles. The van der Waals surface area contributed by atoms with Gasteiger partial charge in [-0.15, -0.1) is 0 Å². The smallest absolute Gasteiger partial charge is 0.479 e. The van der Waals surface area contributed by atoms with Crippen molar-refractivity contribution in [3.05, 3.63) is 0 Å². The van der Waals surface area contributed by atoms with E-state index in [0.29, 0.717) is 6.42 Å². The van der Waals surface area contributed by atoms with Crippen LogP contribution in [0.1, 0.15) is 53.4 Å². The fourth-order valence-electron chi connectivity index (χ4n) is 2.29. The number of unbranched alkanes of at least 4 members (excludes halogenated alkanes) is 1. The molecule has 0 rings (SSSR count). The Morgan fingerprint density at radius 3 is 2.20 bits per heavy atom. The number of hydrogen-bond acceptors (Lipinski definition) is 9. The molecule has 0 unspecified atom stereocenters. The van der Waals surface area contributed by atoms with Gasteiger partial charge in [-0.25, -0.2) is 9.59 Å². The third-order valence-electron chi connectivity index (χ3n) is 4.42. The van der Waals surface area contributed by atoms with E-state index in [-0.39, 0.29) is 31.2 Å². The number of aliphatic hydroxyl groups is 1. The van der Waals surface area contributed by atoms with Crippen LogP contribution in [0.4, 0.5) is 4.79 Å². The van der Waals surface area contributed by atoms with Gasteiger partial charge in [-0.1, -0.05) is 27.2 Å². The van der Waals surface area contributed by atoms with Crippen molar-refractivity contribution in [1.29, 1.82) is 0 Å². The first-order valence-electron chi connectivity index (χ1n) is 9.64. The minimum atomic E-state index is -4.01. The molecule has 0 aromatic rings. The summed E-state index contributed by atoms with van der Waals surface area (Å²) in [6.07, 6.45) is 0.102. The molecule has 176 valence electrons. The number of carbonyl (C=O) groups excluding carboxylic acids is 2. The molecule has 0 spiro atoms. The molecular weight excluding hydrogens is 422 g/mol. The van der Waals surface area contributed by atoms with Gasteiger partial charge in [0, 0.05) is 25.3 Å². The summed E-state index contributed by atoms with van der Waals surface area (Å²) in [6, 6.07) is 0. The highest BCUT2D eigenvalue weighted by Crippen LogP contribution is 2.35. The molecule has 0 saturated carbocycles. The standard InChI is InChI=1S/C18H33NO10S/c1-5-6-10-27-16(23)28-11-8-18(24,15(21)22)17(3,4)13-29-30(25,26)12-7-9-19-14(2)20/h24H,5-13H2,1-4H3,(H,19,20)(H,21,22)/t18-/m0/s1. The molecule has 30 heavy (non-hydrogen) atoms. The van der Waals surface area contributed by atoms with Gasteiger partial charge in [-0.3, -0.25) is 8.98 Å². The number of rotatable bonds is 15. The Morgan fingerprint density at radius 1 is 1.07 bits per heavy atom. The first-order valence-corrected chi connectivity index (χ1v) is 11.2. The average molecular weight is 456 g/mol. The molecule has 3 N–H and O–H groups in total. The largest absolute Gasteiger partial charge is 0.508 e. The molecule has 1 atom stereocenters. The fourth-order valence-corrected chi connectivity index (χ4v) is 3.38. The number of nitrogens with one attached hydrogen (secondary N) is 1. The lowest BCUT2D eigenvalue weighted by Gasteiger charge is -2.38. The van der Waals surface area contributed by atoms with Gasteiger partial charge in [0.05, 0.1) is 25.6 Å². The van der Waals surface area contributed by atoms with Crippen LogP contribution < -0.4 is 5.32 Å². The van der Waals surface area contributed by atoms with E-state index in [9.17, 15) is 33.0 Å². The van der Waals surface area contributed by atoms with Crippen LogP contribution in [0.25, 0.3) is 0 Å². The van der Waals surface area contributed by atoms with Crippen LogP contribution in [0.2, 0.25) is 0 Å². The maximum atomic E-state index is 12.0. The lowest BCUT2D eigenvalue weighted by molar-refractivity contribution is -0.178. The van der Waals surface area contributed by atoms with Crippen LogP contribution in [-0.4, -0.2) is 74.4 Å². The first kappa shape index (κ1) is 28.1. The maximum Gasteiger partial charge on any atom is 0.508 e. The van der Waals surface area contributed by atoms with Crippen LogP contribution in [0.5, 0.6) is 0 Å². The second-order valence-corrected chi connectivity index (χ2v) is 9.22. The molecule has 0 saturated heterocycles. The van der Waals surface area contributed by atoms with Gasteiger partial charge in [0.25, 0.3) is 10.1 Å². The summed E-state index contributed by atoms with van der Waals surface area (Å²) in [5.74, 6) is -2.29. The Labute approximate surface area is 177 Å². The topological polar surface area (TPSA) is 166 Å². The minimum absolute atomic E-state index is 0.111. The number of hydrogen-bond donors (Lipinski definition) is 3. The molecule has 12 heteroatoms. The van der Waals surface area contributed by atoms with Gasteiger partial charge in [-0.05, 0) is 12.8 Å². The number of ether oxygens (including phenoxy) is 2. The van der Waals surface area contributed by atoms with Gasteiger partial charge in [-0.2, -0.15) is 8.42 Å². The number of amides is 1. The lowest BCUT2D eigenvalue weighted by atomic mass is 9.73. The predicted molar refractivity (Wildman–Crippen MR) is 106 cm³/mol. The van der Waals surface area contributed by atoms with Crippen molar-refractivity contribution < 1.29 is 46.7 Å². The summed E-state index contributed by atoms with van der Waals surface area (Å²) < 4.78 is 38.4. The van der Waals surface area contributed by atoms with Gasteiger partial charge in [0.1, 0.15) is 0 Å². The molecule has 0 heterocycles. The van der Waals surface area contributed by atoms with Crippen molar-refractivity contribution in [3.8, 4) is 0 Å². The number of carboxylic acids is 1. The molecule has 11 nitrogen and oxygen atoms in total. The zero-order chi connectivity index (χ0) is 23.4. The molecule has 0 bridgehead atoms. The lowest BCUT2D eigenvalue weighted by Crippen LogP contribution is -2.54. The van der Waals surface area contributed by atoms with Crippen molar-refractivity contribution in [2.75, 3.05) is 32.1 Å². The van der Waals surface area contributed by atoms with Crippen LogP contribution in [0, 0.1) is 5.41 Å². The summed E-state index contributed by atoms with van der Waals surface area (Å²) in [6.45, 7) is 5.12. The van der Waals surface area contributed by atoms with Gasteiger partial charge in [0.15, 0.2) is 5.60 Å². The van der Waals surface area contributed by atoms with Gasteiger partial charge < -0.3 is 25.0 Å². The number of carboxylic acid groups (broad SMARTS) is 1. The molecule has 0 fully saturated rings. The van der Waals surface area contributed by atoms with E-state index >= 15 is 0 Å². The van der Waals surface area contributed by atoms with E-state index in [4.69, 9.17) is 13.7 Å². The van der Waals surface area contributed by atoms with Crippen LogP contribution in [0.3, 0.4) is 0 Å². The van der Waals surface area contributed by atoms with E-state index in [1.54, 1.807) is 0 Å².